The van der Waals surface area contributed by atoms with E-state index >= 15 is 0 Å². The second kappa shape index (κ2) is 6.15. The minimum Gasteiger partial charge on any atom is -0.480 e. The number of aromatic nitrogens is 3. The quantitative estimate of drug-likeness (QED) is 0.926. The van der Waals surface area contributed by atoms with Crippen LogP contribution in [0.4, 0.5) is 4.39 Å². The molecule has 120 valence electrons. The maximum atomic E-state index is 12.9. The summed E-state index contributed by atoms with van der Waals surface area (Å²) in [6, 6.07) is 4.69. The molecule has 2 aromatic rings. The van der Waals surface area contributed by atoms with Crippen molar-refractivity contribution in [3.8, 4) is 5.69 Å². The van der Waals surface area contributed by atoms with E-state index in [1.165, 1.54) is 40.2 Å². The molecule has 3 rings (SSSR count). The summed E-state index contributed by atoms with van der Waals surface area (Å²) in [6.07, 6.45) is 3.27. The average molecular weight is 318 g/mol. The molecule has 1 N–H and O–H groups in total. The Morgan fingerprint density at radius 2 is 1.96 bits per heavy atom. The van der Waals surface area contributed by atoms with E-state index in [0.29, 0.717) is 18.7 Å². The molecule has 1 atom stereocenters. The monoisotopic (exact) mass is 318 g/mol. The van der Waals surface area contributed by atoms with Gasteiger partial charge in [-0.05, 0) is 43.5 Å². The normalized spacial score (nSPS) is 18.0. The summed E-state index contributed by atoms with van der Waals surface area (Å²) < 4.78 is 12.9. The highest BCUT2D eigenvalue weighted by Crippen LogP contribution is 2.19. The summed E-state index contributed by atoms with van der Waals surface area (Å²) in [5.41, 5.74) is 0.585. The lowest BCUT2D eigenvalue weighted by Gasteiger charge is -2.32. The summed E-state index contributed by atoms with van der Waals surface area (Å²) in [7, 11) is 0. The standard InChI is InChI=1S/C15H15FN4O3/c16-10-4-6-11(7-5-10)20-17-9-12(18-20)14(21)19-8-2-1-3-13(19)15(22)23/h4-7,9,13H,1-3,8H2,(H,22,23)/t13-/m1/s1. The molecule has 1 aliphatic rings. The van der Waals surface area contributed by atoms with E-state index in [4.69, 9.17) is 0 Å². The first kappa shape index (κ1) is 15.1. The average Bonchev–Trinajstić information content (AvgIpc) is 3.04. The van der Waals surface area contributed by atoms with E-state index in [2.05, 4.69) is 10.2 Å². The third-order valence-corrected chi connectivity index (χ3v) is 3.82. The van der Waals surface area contributed by atoms with Crippen LogP contribution in [0.5, 0.6) is 0 Å². The van der Waals surface area contributed by atoms with Crippen LogP contribution in [0.25, 0.3) is 5.69 Å². The molecule has 1 aliphatic heterocycles. The Morgan fingerprint density at radius 3 is 2.65 bits per heavy atom. The van der Waals surface area contributed by atoms with E-state index < -0.39 is 17.9 Å². The number of carboxylic acids is 1. The number of benzene rings is 1. The summed E-state index contributed by atoms with van der Waals surface area (Å²) >= 11 is 0. The fourth-order valence-electron chi connectivity index (χ4n) is 2.64. The highest BCUT2D eigenvalue weighted by Gasteiger charge is 2.33. The van der Waals surface area contributed by atoms with Crippen LogP contribution in [0.3, 0.4) is 0 Å². The molecule has 1 aromatic carbocycles. The smallest absolute Gasteiger partial charge is 0.326 e. The van der Waals surface area contributed by atoms with Gasteiger partial charge in [-0.15, -0.1) is 5.10 Å². The molecule has 1 fully saturated rings. The molecule has 0 radical (unpaired) electrons. The lowest BCUT2D eigenvalue weighted by molar-refractivity contribution is -0.143. The number of likely N-dealkylation sites (tertiary alicyclic amines) is 1. The van der Waals surface area contributed by atoms with E-state index in [9.17, 15) is 19.1 Å². The molecule has 0 aliphatic carbocycles. The number of aliphatic carboxylic acids is 1. The molecule has 8 heteroatoms. The lowest BCUT2D eigenvalue weighted by atomic mass is 10.0. The molecule has 2 heterocycles. The van der Waals surface area contributed by atoms with Gasteiger partial charge in [-0.3, -0.25) is 4.79 Å². The number of carboxylic acid groups (broad SMARTS) is 1. The predicted octanol–water partition coefficient (Wildman–Crippen LogP) is 1.49. The van der Waals surface area contributed by atoms with Gasteiger partial charge in [0.1, 0.15) is 11.9 Å². The van der Waals surface area contributed by atoms with Gasteiger partial charge in [0, 0.05) is 6.54 Å². The molecular formula is C15H15FN4O3. The van der Waals surface area contributed by atoms with Crippen molar-refractivity contribution in [3.63, 3.8) is 0 Å². The second-order valence-corrected chi connectivity index (χ2v) is 5.34. The van der Waals surface area contributed by atoms with Crippen LogP contribution in [0.15, 0.2) is 30.5 Å². The molecule has 23 heavy (non-hydrogen) atoms. The zero-order valence-electron chi connectivity index (χ0n) is 12.2. The molecule has 7 nitrogen and oxygen atoms in total. The van der Waals surface area contributed by atoms with Crippen molar-refractivity contribution < 1.29 is 19.1 Å². The maximum Gasteiger partial charge on any atom is 0.326 e. The van der Waals surface area contributed by atoms with Gasteiger partial charge in [0.25, 0.3) is 5.91 Å². The van der Waals surface area contributed by atoms with Gasteiger partial charge >= 0.3 is 5.97 Å². The number of carbonyl (C=O) groups is 2. The summed E-state index contributed by atoms with van der Waals surface area (Å²) in [6.45, 7) is 0.388. The minimum absolute atomic E-state index is 0.0717. The van der Waals surface area contributed by atoms with Crippen LogP contribution in [-0.2, 0) is 4.79 Å². The molecule has 1 aromatic heterocycles. The zero-order chi connectivity index (χ0) is 16.4. The van der Waals surface area contributed by atoms with Crippen LogP contribution >= 0.6 is 0 Å². The van der Waals surface area contributed by atoms with Crippen molar-refractivity contribution >= 4 is 11.9 Å². The van der Waals surface area contributed by atoms with Crippen molar-refractivity contribution in [2.75, 3.05) is 6.54 Å². The van der Waals surface area contributed by atoms with Gasteiger partial charge < -0.3 is 10.0 Å². The Bertz CT molecular complexity index is 729. The first-order valence-corrected chi connectivity index (χ1v) is 7.28. The first-order valence-electron chi connectivity index (χ1n) is 7.28. The number of piperidine rings is 1. The van der Waals surface area contributed by atoms with Crippen molar-refractivity contribution in [3.05, 3.63) is 42.0 Å². The van der Waals surface area contributed by atoms with Gasteiger partial charge in [0.05, 0.1) is 11.9 Å². The summed E-state index contributed by atoms with van der Waals surface area (Å²) in [5.74, 6) is -1.84. The molecule has 1 amide bonds. The highest BCUT2D eigenvalue weighted by atomic mass is 19.1. The molecule has 1 saturated heterocycles. The van der Waals surface area contributed by atoms with Crippen LogP contribution in [0.2, 0.25) is 0 Å². The van der Waals surface area contributed by atoms with Gasteiger partial charge in [-0.2, -0.15) is 9.90 Å². The largest absolute Gasteiger partial charge is 0.480 e. The third-order valence-electron chi connectivity index (χ3n) is 3.82. The predicted molar refractivity (Wildman–Crippen MR) is 77.6 cm³/mol. The van der Waals surface area contributed by atoms with E-state index in [-0.39, 0.29) is 11.5 Å². The Kier molecular flexibility index (Phi) is 4.05. The summed E-state index contributed by atoms with van der Waals surface area (Å²) in [4.78, 5) is 26.3. The van der Waals surface area contributed by atoms with Crippen molar-refractivity contribution in [1.29, 1.82) is 0 Å². The number of hydrogen-bond donors (Lipinski definition) is 1. The second-order valence-electron chi connectivity index (χ2n) is 5.34. The van der Waals surface area contributed by atoms with Gasteiger partial charge in [-0.25, -0.2) is 9.18 Å². The fraction of sp³-hybridized carbons (Fsp3) is 0.333. The Hall–Kier alpha value is -2.77. The molecule has 0 spiro atoms. The van der Waals surface area contributed by atoms with Gasteiger partial charge in [0.2, 0.25) is 0 Å². The van der Waals surface area contributed by atoms with E-state index in [1.807, 2.05) is 0 Å². The van der Waals surface area contributed by atoms with Crippen LogP contribution in [-0.4, -0.2) is 49.5 Å². The van der Waals surface area contributed by atoms with E-state index in [0.717, 1.165) is 12.8 Å². The Morgan fingerprint density at radius 1 is 1.22 bits per heavy atom. The highest BCUT2D eigenvalue weighted by molar-refractivity contribution is 5.94. The van der Waals surface area contributed by atoms with E-state index in [1.54, 1.807) is 0 Å². The first-order chi connectivity index (χ1) is 11.1. The number of hydrogen-bond acceptors (Lipinski definition) is 4. The van der Waals surface area contributed by atoms with Crippen LogP contribution in [0.1, 0.15) is 29.8 Å². The van der Waals surface area contributed by atoms with Crippen molar-refractivity contribution in [2.24, 2.45) is 0 Å². The van der Waals surface area contributed by atoms with Crippen LogP contribution in [0, 0.1) is 5.82 Å². The minimum atomic E-state index is -1.01. The molecule has 0 saturated carbocycles. The van der Waals surface area contributed by atoms with Gasteiger partial charge in [0.15, 0.2) is 5.69 Å². The lowest BCUT2D eigenvalue weighted by Crippen LogP contribution is -2.48. The SMILES string of the molecule is O=C(O)[C@H]1CCCCN1C(=O)c1cnn(-c2ccc(F)cc2)n1. The number of rotatable bonds is 3. The van der Waals surface area contributed by atoms with Crippen molar-refractivity contribution in [2.45, 2.75) is 25.3 Å². The Balaban J connectivity index is 1.83. The fourth-order valence-corrected chi connectivity index (χ4v) is 2.64. The van der Waals surface area contributed by atoms with Crippen molar-refractivity contribution in [1.82, 2.24) is 19.9 Å². The number of amides is 1. The third kappa shape index (κ3) is 3.05. The van der Waals surface area contributed by atoms with Crippen LogP contribution < -0.4 is 0 Å². The van der Waals surface area contributed by atoms with Gasteiger partial charge in [-0.1, -0.05) is 0 Å². The zero-order valence-corrected chi connectivity index (χ0v) is 12.2. The number of carbonyl (C=O) groups excluding carboxylic acids is 1. The summed E-state index contributed by atoms with van der Waals surface area (Å²) in [5, 5.41) is 17.3. The Labute approximate surface area is 131 Å². The molecular weight excluding hydrogens is 303 g/mol. The molecule has 0 bridgehead atoms. The maximum absolute atomic E-state index is 12.9. The molecule has 0 unspecified atom stereocenters. The topological polar surface area (TPSA) is 88.3 Å². The number of halogens is 1. The number of nitrogens with zero attached hydrogens (tertiary/aromatic N) is 4.